The minimum Gasteiger partial charge on any atom is -0.497 e. The fourth-order valence-electron chi connectivity index (χ4n) is 2.66. The second-order valence-electron chi connectivity index (χ2n) is 6.20. The van der Waals surface area contributed by atoms with Gasteiger partial charge in [0.05, 0.1) is 24.8 Å². The maximum absolute atomic E-state index is 12.3. The van der Waals surface area contributed by atoms with Crippen molar-refractivity contribution in [1.82, 2.24) is 19.9 Å². The Balaban J connectivity index is 1.59. The largest absolute Gasteiger partial charge is 0.497 e. The van der Waals surface area contributed by atoms with E-state index in [9.17, 15) is 13.2 Å². The Labute approximate surface area is 184 Å². The van der Waals surface area contributed by atoms with Crippen molar-refractivity contribution in [3.8, 4) is 22.9 Å². The number of nitrogens with zero attached hydrogens (tertiary/aromatic N) is 2. The number of halogens is 1. The first-order valence-electron chi connectivity index (χ1n) is 9.03. The number of hydrogen-bond donors (Lipinski definition) is 3. The standard InChI is InChI=1S/C19H20ClN5O5S/c1-29-12-7-8-13(15(11-12)30-2)18-23-19(25-24-18)22-17(26)9-10-21-31(27,28)16-6-4-3-5-14(16)20/h3-8,11,21H,9-10H2,1-2H3,(H2,22,23,24,25,26). The number of methoxy groups -OCH3 is 2. The van der Waals surface area contributed by atoms with Crippen LogP contribution in [0.25, 0.3) is 11.4 Å². The van der Waals surface area contributed by atoms with Gasteiger partial charge >= 0.3 is 0 Å². The summed E-state index contributed by atoms with van der Waals surface area (Å²) in [6, 6.07) is 11.2. The molecule has 3 aromatic rings. The van der Waals surface area contributed by atoms with Crippen LogP contribution >= 0.6 is 11.6 Å². The van der Waals surface area contributed by atoms with Crippen LogP contribution in [0.15, 0.2) is 47.4 Å². The normalized spacial score (nSPS) is 11.2. The lowest BCUT2D eigenvalue weighted by Crippen LogP contribution is -2.28. The van der Waals surface area contributed by atoms with Gasteiger partial charge < -0.3 is 9.47 Å². The molecule has 0 aliphatic rings. The van der Waals surface area contributed by atoms with Crippen LogP contribution in [0, 0.1) is 0 Å². The molecule has 3 rings (SSSR count). The molecule has 0 radical (unpaired) electrons. The number of nitrogens with one attached hydrogen (secondary N) is 3. The molecule has 3 N–H and O–H groups in total. The average Bonchev–Trinajstić information content (AvgIpc) is 3.21. The molecule has 0 fully saturated rings. The summed E-state index contributed by atoms with van der Waals surface area (Å²) in [5.41, 5.74) is 0.629. The van der Waals surface area contributed by atoms with Crippen LogP contribution in [0.2, 0.25) is 5.02 Å². The Morgan fingerprint density at radius 1 is 1.16 bits per heavy atom. The molecule has 0 aliphatic heterocycles. The molecule has 1 amide bonds. The highest BCUT2D eigenvalue weighted by Crippen LogP contribution is 2.31. The zero-order valence-electron chi connectivity index (χ0n) is 16.7. The summed E-state index contributed by atoms with van der Waals surface area (Å²) >= 11 is 5.91. The van der Waals surface area contributed by atoms with Crippen molar-refractivity contribution in [2.75, 3.05) is 26.1 Å². The highest BCUT2D eigenvalue weighted by atomic mass is 35.5. The minimum absolute atomic E-state index is 0.0480. The molecule has 0 saturated heterocycles. The molecule has 0 saturated carbocycles. The van der Waals surface area contributed by atoms with Crippen molar-refractivity contribution in [3.63, 3.8) is 0 Å². The third-order valence-electron chi connectivity index (χ3n) is 4.17. The van der Waals surface area contributed by atoms with Gasteiger partial charge in [-0.15, -0.1) is 5.10 Å². The highest BCUT2D eigenvalue weighted by Gasteiger charge is 2.18. The molecule has 2 aromatic carbocycles. The number of carbonyl (C=O) groups excluding carboxylic acids is 1. The maximum Gasteiger partial charge on any atom is 0.249 e. The number of amides is 1. The van der Waals surface area contributed by atoms with E-state index >= 15 is 0 Å². The first kappa shape index (κ1) is 22.5. The minimum atomic E-state index is -3.83. The number of rotatable bonds is 9. The van der Waals surface area contributed by atoms with Crippen LogP contribution in [0.3, 0.4) is 0 Å². The fourth-order valence-corrected chi connectivity index (χ4v) is 4.21. The number of benzene rings is 2. The Morgan fingerprint density at radius 2 is 1.94 bits per heavy atom. The van der Waals surface area contributed by atoms with E-state index < -0.39 is 15.9 Å². The van der Waals surface area contributed by atoms with Crippen LogP contribution in [-0.2, 0) is 14.8 Å². The van der Waals surface area contributed by atoms with Gasteiger partial charge in [0.2, 0.25) is 21.9 Å². The number of aromatic nitrogens is 3. The number of anilines is 1. The summed E-state index contributed by atoms with van der Waals surface area (Å²) in [5, 5.41) is 9.29. The molecule has 0 bridgehead atoms. The van der Waals surface area contributed by atoms with E-state index in [1.54, 1.807) is 37.4 Å². The molecular weight excluding hydrogens is 446 g/mol. The van der Waals surface area contributed by atoms with Gasteiger partial charge in [-0.05, 0) is 24.3 Å². The second kappa shape index (κ2) is 9.77. The molecule has 10 nitrogen and oxygen atoms in total. The monoisotopic (exact) mass is 465 g/mol. The molecule has 0 aliphatic carbocycles. The molecule has 0 spiro atoms. The van der Waals surface area contributed by atoms with Crippen LogP contribution < -0.4 is 19.5 Å². The predicted octanol–water partition coefficient (Wildman–Crippen LogP) is 2.45. The lowest BCUT2D eigenvalue weighted by Gasteiger charge is -2.08. The van der Waals surface area contributed by atoms with Crippen LogP contribution in [-0.4, -0.2) is 50.3 Å². The molecule has 0 atom stereocenters. The summed E-state index contributed by atoms with van der Waals surface area (Å²) in [5.74, 6) is 1.10. The lowest BCUT2D eigenvalue weighted by molar-refractivity contribution is -0.116. The number of sulfonamides is 1. The van der Waals surface area contributed by atoms with E-state index in [1.807, 2.05) is 0 Å². The van der Waals surface area contributed by atoms with Crippen molar-refractivity contribution >= 4 is 33.5 Å². The fraction of sp³-hybridized carbons (Fsp3) is 0.211. The maximum atomic E-state index is 12.3. The molecule has 0 unspecified atom stereocenters. The van der Waals surface area contributed by atoms with E-state index in [-0.39, 0.29) is 28.8 Å². The quantitative estimate of drug-likeness (QED) is 0.441. The van der Waals surface area contributed by atoms with Gasteiger partial charge in [-0.2, -0.15) is 4.98 Å². The number of carbonyl (C=O) groups is 1. The van der Waals surface area contributed by atoms with Gasteiger partial charge in [0.1, 0.15) is 16.4 Å². The van der Waals surface area contributed by atoms with E-state index in [2.05, 4.69) is 25.2 Å². The molecule has 31 heavy (non-hydrogen) atoms. The molecular formula is C19H20ClN5O5S. The summed E-state index contributed by atoms with van der Waals surface area (Å²) in [6.45, 7) is -0.122. The van der Waals surface area contributed by atoms with Crippen LogP contribution in [0.1, 0.15) is 6.42 Å². The summed E-state index contributed by atoms with van der Waals surface area (Å²) in [4.78, 5) is 16.3. The SMILES string of the molecule is COc1ccc(-c2nc(NC(=O)CCNS(=O)(=O)c3ccccc3Cl)n[nH]2)c(OC)c1. The van der Waals surface area contributed by atoms with Crippen molar-refractivity contribution in [3.05, 3.63) is 47.5 Å². The predicted molar refractivity (Wildman–Crippen MR) is 115 cm³/mol. The molecule has 12 heteroatoms. The lowest BCUT2D eigenvalue weighted by atomic mass is 10.2. The average molecular weight is 466 g/mol. The van der Waals surface area contributed by atoms with Gasteiger partial charge in [-0.25, -0.2) is 13.1 Å². The molecule has 1 aromatic heterocycles. The van der Waals surface area contributed by atoms with Crippen molar-refractivity contribution in [2.45, 2.75) is 11.3 Å². The third-order valence-corrected chi connectivity index (χ3v) is 6.13. The zero-order valence-corrected chi connectivity index (χ0v) is 18.2. The zero-order chi connectivity index (χ0) is 22.4. The van der Waals surface area contributed by atoms with E-state index in [4.69, 9.17) is 21.1 Å². The first-order valence-corrected chi connectivity index (χ1v) is 10.9. The first-order chi connectivity index (χ1) is 14.8. The summed E-state index contributed by atoms with van der Waals surface area (Å²) in [7, 11) is -0.767. The topological polar surface area (TPSA) is 135 Å². The third kappa shape index (κ3) is 5.51. The Bertz CT molecular complexity index is 1180. The van der Waals surface area contributed by atoms with Crippen molar-refractivity contribution in [2.24, 2.45) is 0 Å². The van der Waals surface area contributed by atoms with Crippen molar-refractivity contribution < 1.29 is 22.7 Å². The second-order valence-corrected chi connectivity index (χ2v) is 8.34. The van der Waals surface area contributed by atoms with Crippen molar-refractivity contribution in [1.29, 1.82) is 0 Å². The number of aromatic amines is 1. The van der Waals surface area contributed by atoms with Gasteiger partial charge in [0.15, 0.2) is 5.82 Å². The van der Waals surface area contributed by atoms with E-state index in [1.165, 1.54) is 19.2 Å². The van der Waals surface area contributed by atoms with E-state index in [0.717, 1.165) is 0 Å². The summed E-state index contributed by atoms with van der Waals surface area (Å²) < 4.78 is 37.4. The van der Waals surface area contributed by atoms with Gasteiger partial charge in [-0.3, -0.25) is 15.2 Å². The van der Waals surface area contributed by atoms with Gasteiger partial charge in [0, 0.05) is 19.0 Å². The Morgan fingerprint density at radius 3 is 2.65 bits per heavy atom. The van der Waals surface area contributed by atoms with Gasteiger partial charge in [-0.1, -0.05) is 23.7 Å². The smallest absolute Gasteiger partial charge is 0.249 e. The van der Waals surface area contributed by atoms with Gasteiger partial charge in [0.25, 0.3) is 0 Å². The molecule has 1 heterocycles. The number of ether oxygens (including phenoxy) is 2. The van der Waals surface area contributed by atoms with Crippen LogP contribution in [0.5, 0.6) is 11.5 Å². The van der Waals surface area contributed by atoms with Crippen LogP contribution in [0.4, 0.5) is 5.95 Å². The summed E-state index contributed by atoms with van der Waals surface area (Å²) in [6.07, 6.45) is -0.126. The highest BCUT2D eigenvalue weighted by molar-refractivity contribution is 7.89. The van der Waals surface area contributed by atoms with E-state index in [0.29, 0.717) is 22.9 Å². The number of hydrogen-bond acceptors (Lipinski definition) is 7. The molecule has 164 valence electrons. The number of H-pyrrole nitrogens is 1. The Hall–Kier alpha value is -3.15. The Kier molecular flexibility index (Phi) is 7.10.